The van der Waals surface area contributed by atoms with Crippen molar-refractivity contribution >= 4 is 33.9 Å². The molecule has 5 nitrogen and oxygen atoms in total. The molecule has 1 aliphatic heterocycles. The summed E-state index contributed by atoms with van der Waals surface area (Å²) in [5.74, 6) is -0.933. The van der Waals surface area contributed by atoms with Crippen LogP contribution in [0.1, 0.15) is 22.7 Å². The molecule has 1 fully saturated rings. The van der Waals surface area contributed by atoms with Gasteiger partial charge >= 0.3 is 0 Å². The van der Waals surface area contributed by atoms with Crippen LogP contribution in [0, 0.1) is 6.92 Å². The number of aryl methyl sites for hydroxylation is 1. The van der Waals surface area contributed by atoms with Crippen LogP contribution in [0.2, 0.25) is 0 Å². The highest BCUT2D eigenvalue weighted by molar-refractivity contribution is 6.51. The van der Waals surface area contributed by atoms with E-state index in [1.54, 1.807) is 37.4 Å². The molecule has 0 radical (unpaired) electrons. The Morgan fingerprint density at radius 1 is 0.853 bits per heavy atom. The van der Waals surface area contributed by atoms with Gasteiger partial charge in [-0.2, -0.15) is 0 Å². The lowest BCUT2D eigenvalue weighted by Gasteiger charge is -2.26. The zero-order chi connectivity index (χ0) is 23.8. The molecule has 0 bridgehead atoms. The number of hydrogen-bond acceptors (Lipinski definition) is 4. The summed E-state index contributed by atoms with van der Waals surface area (Å²) in [6, 6.07) is 27.0. The first-order valence-electron chi connectivity index (χ1n) is 11.0. The number of carbonyl (C=O) groups excluding carboxylic acids is 2. The van der Waals surface area contributed by atoms with Gasteiger partial charge in [0.25, 0.3) is 11.7 Å². The number of ketones is 1. The number of methoxy groups -OCH3 is 1. The number of benzene rings is 4. The molecule has 1 aliphatic rings. The number of hydrogen-bond donors (Lipinski definition) is 1. The summed E-state index contributed by atoms with van der Waals surface area (Å²) in [4.78, 5) is 28.2. The van der Waals surface area contributed by atoms with Crippen LogP contribution in [0.3, 0.4) is 0 Å². The van der Waals surface area contributed by atoms with Crippen LogP contribution in [-0.2, 0) is 9.59 Å². The number of carbonyl (C=O) groups is 2. The molecule has 1 unspecified atom stereocenters. The average Bonchev–Trinajstić information content (AvgIpc) is 3.13. The number of Topliss-reactive ketones (excluding diaryl/α,β-unsaturated/α-hetero) is 1. The Morgan fingerprint density at radius 2 is 1.53 bits per heavy atom. The number of aliphatic hydroxyl groups excluding tert-OH is 1. The summed E-state index contributed by atoms with van der Waals surface area (Å²) in [5.41, 5.74) is 2.83. The highest BCUT2D eigenvalue weighted by Gasteiger charge is 2.47. The van der Waals surface area contributed by atoms with Crippen LogP contribution in [0.4, 0.5) is 5.69 Å². The average molecular weight is 450 g/mol. The molecule has 34 heavy (non-hydrogen) atoms. The van der Waals surface area contributed by atoms with E-state index in [1.807, 2.05) is 67.6 Å². The largest absolute Gasteiger partial charge is 0.507 e. The topological polar surface area (TPSA) is 66.8 Å². The number of fused-ring (bicyclic) bond motifs is 1. The maximum absolute atomic E-state index is 13.4. The van der Waals surface area contributed by atoms with Crippen molar-refractivity contribution in [2.45, 2.75) is 13.0 Å². The van der Waals surface area contributed by atoms with Gasteiger partial charge in [-0.15, -0.1) is 0 Å². The summed E-state index contributed by atoms with van der Waals surface area (Å²) in [5, 5.41) is 13.3. The van der Waals surface area contributed by atoms with Crippen LogP contribution < -0.4 is 9.64 Å². The minimum absolute atomic E-state index is 0.0754. The fourth-order valence-electron chi connectivity index (χ4n) is 4.61. The van der Waals surface area contributed by atoms with E-state index < -0.39 is 17.7 Å². The van der Waals surface area contributed by atoms with Gasteiger partial charge in [-0.25, -0.2) is 0 Å². The third-order valence-electron chi connectivity index (χ3n) is 6.32. The van der Waals surface area contributed by atoms with Crippen molar-refractivity contribution in [3.63, 3.8) is 0 Å². The Balaban J connectivity index is 1.77. The fourth-order valence-corrected chi connectivity index (χ4v) is 4.61. The molecule has 0 aromatic heterocycles. The van der Waals surface area contributed by atoms with Crippen molar-refractivity contribution in [1.29, 1.82) is 0 Å². The third kappa shape index (κ3) is 3.42. The Labute approximate surface area is 197 Å². The van der Waals surface area contributed by atoms with E-state index in [-0.39, 0.29) is 11.3 Å². The van der Waals surface area contributed by atoms with Crippen molar-refractivity contribution < 1.29 is 19.4 Å². The van der Waals surface area contributed by atoms with Gasteiger partial charge in [-0.05, 0) is 53.1 Å². The SMILES string of the molecule is COc1ccc(N2C(=O)C(=O)/C(=C(/O)c3cccc4ccccc34)C2c2ccccc2C)cc1. The first-order chi connectivity index (χ1) is 16.5. The molecule has 0 saturated carbocycles. The van der Waals surface area contributed by atoms with Crippen LogP contribution in [0.15, 0.2) is 96.6 Å². The number of anilines is 1. The van der Waals surface area contributed by atoms with Gasteiger partial charge in [0.1, 0.15) is 11.5 Å². The zero-order valence-corrected chi connectivity index (χ0v) is 18.9. The second kappa shape index (κ2) is 8.52. The predicted molar refractivity (Wildman–Crippen MR) is 133 cm³/mol. The quantitative estimate of drug-likeness (QED) is 0.244. The summed E-state index contributed by atoms with van der Waals surface area (Å²) < 4.78 is 5.25. The van der Waals surface area contributed by atoms with Crippen LogP contribution >= 0.6 is 0 Å². The third-order valence-corrected chi connectivity index (χ3v) is 6.32. The van der Waals surface area contributed by atoms with Gasteiger partial charge in [0, 0.05) is 11.3 Å². The predicted octanol–water partition coefficient (Wildman–Crippen LogP) is 5.78. The smallest absolute Gasteiger partial charge is 0.300 e. The number of aliphatic hydroxyl groups is 1. The first kappa shape index (κ1) is 21.5. The number of amides is 1. The molecule has 1 atom stereocenters. The molecule has 1 amide bonds. The Hall–Kier alpha value is -4.38. The van der Waals surface area contributed by atoms with Crippen molar-refractivity contribution in [2.24, 2.45) is 0 Å². The second-order valence-electron chi connectivity index (χ2n) is 8.25. The standard InChI is InChI=1S/C29H23NO4/c1-18-8-3-5-11-22(18)26-25(27(31)24-13-7-10-19-9-4-6-12-23(19)24)28(32)29(33)30(26)20-14-16-21(34-2)17-15-20/h3-17,26,31H,1-2H3/b27-25+. The van der Waals surface area contributed by atoms with E-state index in [0.29, 0.717) is 17.0 Å². The maximum Gasteiger partial charge on any atom is 0.300 e. The Morgan fingerprint density at radius 3 is 2.26 bits per heavy atom. The molecule has 1 N–H and O–H groups in total. The van der Waals surface area contributed by atoms with E-state index in [0.717, 1.165) is 21.9 Å². The molecule has 4 aromatic carbocycles. The van der Waals surface area contributed by atoms with Crippen LogP contribution in [0.5, 0.6) is 5.75 Å². The van der Waals surface area contributed by atoms with Crippen LogP contribution in [0.25, 0.3) is 16.5 Å². The Kier molecular flexibility index (Phi) is 5.38. The lowest BCUT2D eigenvalue weighted by molar-refractivity contribution is -0.132. The molecule has 0 aliphatic carbocycles. The van der Waals surface area contributed by atoms with Gasteiger partial charge in [0.15, 0.2) is 0 Å². The van der Waals surface area contributed by atoms with Crippen molar-refractivity contribution in [3.05, 3.63) is 113 Å². The van der Waals surface area contributed by atoms with Gasteiger partial charge in [0.2, 0.25) is 0 Å². The molecule has 168 valence electrons. The lowest BCUT2D eigenvalue weighted by Crippen LogP contribution is -2.29. The summed E-state index contributed by atoms with van der Waals surface area (Å²) in [6.45, 7) is 1.93. The summed E-state index contributed by atoms with van der Waals surface area (Å²) in [6.07, 6.45) is 0. The molecule has 1 saturated heterocycles. The summed E-state index contributed by atoms with van der Waals surface area (Å²) >= 11 is 0. The van der Waals surface area contributed by atoms with Gasteiger partial charge in [-0.3, -0.25) is 14.5 Å². The lowest BCUT2D eigenvalue weighted by atomic mass is 9.91. The number of ether oxygens (including phenoxy) is 1. The molecule has 5 heteroatoms. The zero-order valence-electron chi connectivity index (χ0n) is 18.9. The second-order valence-corrected chi connectivity index (χ2v) is 8.25. The Bertz CT molecular complexity index is 1450. The highest BCUT2D eigenvalue weighted by atomic mass is 16.5. The van der Waals surface area contributed by atoms with E-state index >= 15 is 0 Å². The molecule has 4 aromatic rings. The van der Waals surface area contributed by atoms with Crippen LogP contribution in [-0.4, -0.2) is 23.9 Å². The number of nitrogens with zero attached hydrogens (tertiary/aromatic N) is 1. The van der Waals surface area contributed by atoms with Crippen molar-refractivity contribution in [1.82, 2.24) is 0 Å². The first-order valence-corrected chi connectivity index (χ1v) is 11.0. The van der Waals surface area contributed by atoms with Gasteiger partial charge in [0.05, 0.1) is 18.7 Å². The monoisotopic (exact) mass is 449 g/mol. The highest BCUT2D eigenvalue weighted by Crippen LogP contribution is 2.44. The van der Waals surface area contributed by atoms with Gasteiger partial charge in [-0.1, -0.05) is 66.7 Å². The fraction of sp³-hybridized carbons (Fsp3) is 0.103. The molecular weight excluding hydrogens is 426 g/mol. The van der Waals surface area contributed by atoms with Crippen molar-refractivity contribution in [2.75, 3.05) is 12.0 Å². The van der Waals surface area contributed by atoms with Crippen molar-refractivity contribution in [3.8, 4) is 5.75 Å². The maximum atomic E-state index is 13.4. The molecule has 1 heterocycles. The van der Waals surface area contributed by atoms with E-state index in [1.165, 1.54) is 4.90 Å². The number of rotatable bonds is 4. The molecular formula is C29H23NO4. The molecule has 0 spiro atoms. The van der Waals surface area contributed by atoms with E-state index in [9.17, 15) is 14.7 Å². The summed E-state index contributed by atoms with van der Waals surface area (Å²) in [7, 11) is 1.57. The molecule has 5 rings (SSSR count). The van der Waals surface area contributed by atoms with E-state index in [2.05, 4.69) is 0 Å². The van der Waals surface area contributed by atoms with E-state index in [4.69, 9.17) is 4.74 Å². The minimum atomic E-state index is -0.770. The minimum Gasteiger partial charge on any atom is -0.507 e. The van der Waals surface area contributed by atoms with Gasteiger partial charge < -0.3 is 9.84 Å². The normalized spacial score (nSPS) is 17.4.